The number of Topliss-reactive ketones (excluding diaryl/α,β-unsaturated/α-hetero) is 1. The van der Waals surface area contributed by atoms with Gasteiger partial charge >= 0.3 is 0 Å². The quantitative estimate of drug-likeness (QED) is 0.833. The van der Waals surface area contributed by atoms with Crippen LogP contribution in [0, 0.1) is 11.6 Å². The van der Waals surface area contributed by atoms with Crippen molar-refractivity contribution in [3.63, 3.8) is 0 Å². The fraction of sp³-hybridized carbons (Fsp3) is 0.0588. The predicted molar refractivity (Wildman–Crippen MR) is 84.4 cm³/mol. The highest BCUT2D eigenvalue weighted by Crippen LogP contribution is 2.40. The highest BCUT2D eigenvalue weighted by molar-refractivity contribution is 6.28. The number of carbonyl (C=O) groups excluding carboxylic acids is 2. The van der Waals surface area contributed by atoms with Crippen molar-refractivity contribution in [2.24, 2.45) is 0 Å². The van der Waals surface area contributed by atoms with Crippen molar-refractivity contribution in [3.05, 3.63) is 65.5 Å². The van der Waals surface area contributed by atoms with Crippen molar-refractivity contribution in [1.82, 2.24) is 0 Å². The van der Waals surface area contributed by atoms with Gasteiger partial charge in [0.25, 0.3) is 5.91 Å². The zero-order valence-electron chi connectivity index (χ0n) is 12.3. The smallest absolute Gasteiger partial charge is 0.263 e. The maximum Gasteiger partial charge on any atom is 0.263 e. The van der Waals surface area contributed by atoms with E-state index in [1.54, 1.807) is 4.90 Å². The van der Waals surface area contributed by atoms with Crippen LogP contribution >= 0.6 is 0 Å². The van der Waals surface area contributed by atoms with Crippen LogP contribution in [0.25, 0.3) is 0 Å². The van der Waals surface area contributed by atoms with Gasteiger partial charge < -0.3 is 15.5 Å². The Labute approximate surface area is 135 Å². The van der Waals surface area contributed by atoms with E-state index >= 15 is 0 Å². The number of ketones is 1. The minimum atomic E-state index is -0.904. The summed E-state index contributed by atoms with van der Waals surface area (Å²) in [7, 11) is 0. The van der Waals surface area contributed by atoms with Crippen LogP contribution in [0.2, 0.25) is 0 Å². The average molecular weight is 327 g/mol. The molecule has 0 saturated carbocycles. The molecule has 2 heterocycles. The number of anilines is 3. The Morgan fingerprint density at radius 3 is 2.75 bits per heavy atom. The van der Waals surface area contributed by atoms with E-state index < -0.39 is 17.5 Å². The third kappa shape index (κ3) is 2.13. The molecule has 0 bridgehead atoms. The molecule has 0 unspecified atom stereocenters. The minimum absolute atomic E-state index is 0.0357. The second-order valence-corrected chi connectivity index (χ2v) is 5.45. The van der Waals surface area contributed by atoms with Gasteiger partial charge in [-0.3, -0.25) is 9.59 Å². The van der Waals surface area contributed by atoms with Crippen LogP contribution in [0.5, 0.6) is 0 Å². The Bertz CT molecular complexity index is 924. The summed E-state index contributed by atoms with van der Waals surface area (Å²) in [5.74, 6) is -2.38. The lowest BCUT2D eigenvalue weighted by atomic mass is 10.1. The molecule has 0 aliphatic carbocycles. The summed E-state index contributed by atoms with van der Waals surface area (Å²) >= 11 is 0. The largest absolute Gasteiger partial charge is 0.339 e. The van der Waals surface area contributed by atoms with Crippen molar-refractivity contribution in [3.8, 4) is 0 Å². The summed E-state index contributed by atoms with van der Waals surface area (Å²) < 4.78 is 26.6. The van der Waals surface area contributed by atoms with Crippen LogP contribution in [-0.2, 0) is 9.59 Å². The fourth-order valence-corrected chi connectivity index (χ4v) is 2.86. The Balaban J connectivity index is 1.67. The summed E-state index contributed by atoms with van der Waals surface area (Å²) in [6.07, 6.45) is 0. The summed E-state index contributed by atoms with van der Waals surface area (Å²) in [6, 6.07) is 10.2. The zero-order valence-corrected chi connectivity index (χ0v) is 12.3. The lowest BCUT2D eigenvalue weighted by Gasteiger charge is -2.11. The van der Waals surface area contributed by atoms with Crippen LogP contribution in [0.15, 0.2) is 53.9 Å². The molecular weight excluding hydrogens is 316 g/mol. The van der Waals surface area contributed by atoms with Gasteiger partial charge in [-0.25, -0.2) is 8.78 Å². The van der Waals surface area contributed by atoms with Gasteiger partial charge in [0.2, 0.25) is 0 Å². The van der Waals surface area contributed by atoms with Gasteiger partial charge in [-0.1, -0.05) is 12.1 Å². The number of para-hydroxylation sites is 2. The number of carbonyl (C=O) groups is 2. The second-order valence-electron chi connectivity index (χ2n) is 5.45. The molecule has 0 radical (unpaired) electrons. The predicted octanol–water partition coefficient (Wildman–Crippen LogP) is 2.63. The fourth-order valence-electron chi connectivity index (χ4n) is 2.86. The molecule has 2 aliphatic heterocycles. The van der Waals surface area contributed by atoms with Gasteiger partial charge in [0.1, 0.15) is 23.0 Å². The van der Waals surface area contributed by atoms with E-state index in [1.807, 2.05) is 24.3 Å². The molecule has 5 nitrogen and oxygen atoms in total. The lowest BCUT2D eigenvalue weighted by molar-refractivity contribution is -0.118. The number of amides is 1. The number of fused-ring (bicyclic) bond motifs is 3. The van der Waals surface area contributed by atoms with E-state index in [-0.39, 0.29) is 23.6 Å². The standard InChI is InChI=1S/C17H11F2N3O2/c18-9-5-6-11(10(19)7-9)21-17(24)15-14(23)8-22-13-4-2-1-3-12(13)20-16(15)22/h1-7,20H,8H2,(H,21,24). The van der Waals surface area contributed by atoms with E-state index in [0.29, 0.717) is 11.9 Å². The van der Waals surface area contributed by atoms with Gasteiger partial charge in [0.05, 0.1) is 23.6 Å². The molecule has 1 amide bonds. The molecule has 2 N–H and O–H groups in total. The Kier molecular flexibility index (Phi) is 3.09. The number of benzene rings is 2. The summed E-state index contributed by atoms with van der Waals surface area (Å²) in [6.45, 7) is 0.0357. The number of nitrogens with one attached hydrogen (secondary N) is 2. The molecule has 24 heavy (non-hydrogen) atoms. The van der Waals surface area contributed by atoms with Crippen LogP contribution in [0.4, 0.5) is 25.8 Å². The van der Waals surface area contributed by atoms with Crippen LogP contribution in [0.1, 0.15) is 0 Å². The first-order valence-electron chi connectivity index (χ1n) is 7.22. The third-order valence-electron chi connectivity index (χ3n) is 3.94. The lowest BCUT2D eigenvalue weighted by Crippen LogP contribution is -2.21. The van der Waals surface area contributed by atoms with Crippen LogP contribution in [-0.4, -0.2) is 18.2 Å². The second kappa shape index (κ2) is 5.16. The number of rotatable bonds is 2. The van der Waals surface area contributed by atoms with Crippen molar-refractivity contribution in [2.75, 3.05) is 22.1 Å². The molecule has 0 spiro atoms. The summed E-state index contributed by atoms with van der Waals surface area (Å²) in [5.41, 5.74) is 1.33. The summed E-state index contributed by atoms with van der Waals surface area (Å²) in [4.78, 5) is 26.4. The molecule has 2 aromatic carbocycles. The number of hydrogen-bond donors (Lipinski definition) is 2. The first-order chi connectivity index (χ1) is 11.5. The zero-order chi connectivity index (χ0) is 16.8. The van der Waals surface area contributed by atoms with Gasteiger partial charge in [0.15, 0.2) is 5.78 Å². The first-order valence-corrected chi connectivity index (χ1v) is 7.22. The molecule has 4 rings (SSSR count). The van der Waals surface area contributed by atoms with Crippen molar-refractivity contribution in [2.45, 2.75) is 0 Å². The minimum Gasteiger partial charge on any atom is -0.339 e. The van der Waals surface area contributed by atoms with Gasteiger partial charge in [-0.2, -0.15) is 0 Å². The molecule has 0 aromatic heterocycles. The van der Waals surface area contributed by atoms with Crippen LogP contribution in [0.3, 0.4) is 0 Å². The molecular formula is C17H11F2N3O2. The molecule has 2 aliphatic rings. The normalized spacial score (nSPS) is 15.2. The Morgan fingerprint density at radius 2 is 1.96 bits per heavy atom. The van der Waals surface area contributed by atoms with Gasteiger partial charge in [-0.15, -0.1) is 0 Å². The van der Waals surface area contributed by atoms with E-state index in [1.165, 1.54) is 0 Å². The highest BCUT2D eigenvalue weighted by Gasteiger charge is 2.39. The molecule has 7 heteroatoms. The van der Waals surface area contributed by atoms with E-state index in [2.05, 4.69) is 10.6 Å². The molecule has 120 valence electrons. The van der Waals surface area contributed by atoms with E-state index in [0.717, 1.165) is 23.5 Å². The maximum absolute atomic E-state index is 13.7. The van der Waals surface area contributed by atoms with E-state index in [4.69, 9.17) is 0 Å². The first kappa shape index (κ1) is 14.4. The molecule has 0 fully saturated rings. The number of nitrogens with zero attached hydrogens (tertiary/aromatic N) is 1. The van der Waals surface area contributed by atoms with Gasteiger partial charge in [0, 0.05) is 6.07 Å². The van der Waals surface area contributed by atoms with Gasteiger partial charge in [-0.05, 0) is 24.3 Å². The highest BCUT2D eigenvalue weighted by atomic mass is 19.1. The van der Waals surface area contributed by atoms with Crippen molar-refractivity contribution < 1.29 is 18.4 Å². The Hall–Kier alpha value is -3.22. The monoisotopic (exact) mass is 327 g/mol. The summed E-state index contributed by atoms with van der Waals surface area (Å²) in [5, 5.41) is 5.36. The molecule has 2 aromatic rings. The van der Waals surface area contributed by atoms with E-state index in [9.17, 15) is 18.4 Å². The topological polar surface area (TPSA) is 61.4 Å². The van der Waals surface area contributed by atoms with Crippen molar-refractivity contribution in [1.29, 1.82) is 0 Å². The maximum atomic E-state index is 13.7. The SMILES string of the molecule is O=C1CN2C(=C1C(=O)Nc1ccc(F)cc1F)Nc1ccccc12. The Morgan fingerprint density at radius 1 is 1.17 bits per heavy atom. The third-order valence-corrected chi connectivity index (χ3v) is 3.94. The average Bonchev–Trinajstić information content (AvgIpc) is 3.04. The van der Waals surface area contributed by atoms with Crippen molar-refractivity contribution >= 4 is 28.8 Å². The van der Waals surface area contributed by atoms with Crippen LogP contribution < -0.4 is 15.5 Å². The number of halogens is 2. The molecule has 0 saturated heterocycles. The molecule has 0 atom stereocenters. The number of hydrogen-bond acceptors (Lipinski definition) is 4.